The van der Waals surface area contributed by atoms with E-state index in [9.17, 15) is 4.79 Å². The molecule has 0 unspecified atom stereocenters. The van der Waals surface area contributed by atoms with Crippen molar-refractivity contribution in [2.75, 3.05) is 0 Å². The highest BCUT2D eigenvalue weighted by molar-refractivity contribution is 5.99. The first-order valence-electron chi connectivity index (χ1n) is 5.96. The average molecular weight is 271 g/mol. The lowest BCUT2D eigenvalue weighted by Crippen LogP contribution is -2.29. The molecule has 3 heterocycles. The number of amides is 1. The number of nitrogen functional groups attached to an aromatic ring is 1. The minimum Gasteiger partial charge on any atom is -0.290 e. The van der Waals surface area contributed by atoms with Crippen molar-refractivity contribution in [2.24, 2.45) is 12.9 Å². The van der Waals surface area contributed by atoms with Gasteiger partial charge in [0, 0.05) is 25.0 Å². The zero-order valence-corrected chi connectivity index (χ0v) is 11.0. The maximum atomic E-state index is 11.7. The van der Waals surface area contributed by atoms with Gasteiger partial charge in [0.1, 0.15) is 5.56 Å². The van der Waals surface area contributed by atoms with Crippen LogP contribution >= 0.6 is 0 Å². The summed E-state index contributed by atoms with van der Waals surface area (Å²) in [6, 6.07) is 1.83. The van der Waals surface area contributed by atoms with Crippen LogP contribution in [0.2, 0.25) is 0 Å². The first-order chi connectivity index (χ1) is 9.61. The molecule has 102 valence electrons. The fourth-order valence-corrected chi connectivity index (χ4v) is 2.18. The van der Waals surface area contributed by atoms with E-state index in [-0.39, 0.29) is 0 Å². The van der Waals surface area contributed by atoms with E-state index in [0.29, 0.717) is 11.2 Å². The fraction of sp³-hybridized carbons (Fsp3) is 0.167. The average Bonchev–Trinajstić information content (AvgIpc) is 3.00. The highest BCUT2D eigenvalue weighted by Gasteiger charge is 2.16. The molecule has 3 aromatic heterocycles. The Labute approximate surface area is 114 Å². The van der Waals surface area contributed by atoms with Gasteiger partial charge in [0.15, 0.2) is 5.65 Å². The summed E-state index contributed by atoms with van der Waals surface area (Å²) >= 11 is 0. The molecule has 0 radical (unpaired) electrons. The number of aryl methyl sites for hydroxylation is 2. The molecule has 0 aliphatic carbocycles. The highest BCUT2D eigenvalue weighted by Crippen LogP contribution is 2.23. The van der Waals surface area contributed by atoms with Gasteiger partial charge in [-0.3, -0.25) is 14.9 Å². The first kappa shape index (κ1) is 12.3. The van der Waals surface area contributed by atoms with Crippen molar-refractivity contribution in [3.05, 3.63) is 35.9 Å². The monoisotopic (exact) mass is 271 g/mol. The maximum absolute atomic E-state index is 11.7. The number of rotatable bonds is 2. The molecule has 0 atom stereocenters. The van der Waals surface area contributed by atoms with E-state index in [1.165, 1.54) is 6.20 Å². The number of nitrogens with one attached hydrogen (secondary N) is 1. The third-order valence-electron chi connectivity index (χ3n) is 3.07. The molecule has 0 aromatic carbocycles. The van der Waals surface area contributed by atoms with E-state index in [1.807, 2.05) is 26.2 Å². The Morgan fingerprint density at radius 3 is 2.90 bits per heavy atom. The van der Waals surface area contributed by atoms with Gasteiger partial charge in [-0.05, 0) is 13.0 Å². The van der Waals surface area contributed by atoms with Crippen LogP contribution in [-0.2, 0) is 7.05 Å². The van der Waals surface area contributed by atoms with Gasteiger partial charge in [-0.15, -0.1) is 0 Å². The summed E-state index contributed by atoms with van der Waals surface area (Å²) in [5.74, 6) is 4.73. The number of fused-ring (bicyclic) bond motifs is 1. The number of carbonyl (C=O) groups excluding carboxylic acids is 1. The number of nitrogens with two attached hydrogens (primary N) is 1. The summed E-state index contributed by atoms with van der Waals surface area (Å²) in [7, 11) is 1.85. The molecule has 1 amide bonds. The summed E-state index contributed by atoms with van der Waals surface area (Å²) in [5, 5.41) is 8.52. The van der Waals surface area contributed by atoms with E-state index >= 15 is 0 Å². The van der Waals surface area contributed by atoms with Gasteiger partial charge >= 0.3 is 0 Å². The lowest BCUT2D eigenvalue weighted by Gasteiger charge is -2.03. The number of aromatic nitrogens is 5. The van der Waals surface area contributed by atoms with E-state index in [0.717, 1.165) is 17.0 Å². The van der Waals surface area contributed by atoms with Crippen LogP contribution in [0.25, 0.3) is 16.9 Å². The van der Waals surface area contributed by atoms with Gasteiger partial charge in [-0.1, -0.05) is 0 Å². The number of hydrogen-bond acceptors (Lipinski definition) is 5. The molecule has 3 rings (SSSR count). The van der Waals surface area contributed by atoms with E-state index in [4.69, 9.17) is 5.84 Å². The molecule has 8 nitrogen and oxygen atoms in total. The van der Waals surface area contributed by atoms with Crippen molar-refractivity contribution in [2.45, 2.75) is 6.92 Å². The third-order valence-corrected chi connectivity index (χ3v) is 3.07. The quantitative estimate of drug-likeness (QED) is 0.389. The van der Waals surface area contributed by atoms with E-state index in [1.54, 1.807) is 15.4 Å². The van der Waals surface area contributed by atoms with E-state index in [2.05, 4.69) is 20.6 Å². The molecule has 3 aromatic rings. The Bertz CT molecular complexity index is 801. The fourth-order valence-electron chi connectivity index (χ4n) is 2.18. The Balaban J connectivity index is 2.26. The number of hydrazine groups is 1. The van der Waals surface area contributed by atoms with Crippen LogP contribution in [0.1, 0.15) is 16.1 Å². The Kier molecular flexibility index (Phi) is 2.72. The van der Waals surface area contributed by atoms with Crippen molar-refractivity contribution in [3.8, 4) is 11.3 Å². The van der Waals surface area contributed by atoms with Crippen molar-refractivity contribution in [1.29, 1.82) is 0 Å². The topological polar surface area (TPSA) is 103 Å². The molecule has 0 saturated carbocycles. The van der Waals surface area contributed by atoms with E-state index < -0.39 is 5.91 Å². The maximum Gasteiger partial charge on any atom is 0.270 e. The number of nitrogens with zero attached hydrogens (tertiary/aromatic N) is 5. The summed E-state index contributed by atoms with van der Waals surface area (Å²) in [5.41, 5.74) is 5.49. The second kappa shape index (κ2) is 4.42. The second-order valence-corrected chi connectivity index (χ2v) is 4.40. The van der Waals surface area contributed by atoms with Crippen molar-refractivity contribution < 1.29 is 4.79 Å². The molecular weight excluding hydrogens is 258 g/mol. The lowest BCUT2D eigenvalue weighted by atomic mass is 10.2. The predicted octanol–water partition coefficient (Wildman–Crippen LogP) is 0.0417. The largest absolute Gasteiger partial charge is 0.290 e. The molecule has 0 aliphatic rings. The van der Waals surface area contributed by atoms with Crippen molar-refractivity contribution >= 4 is 11.6 Å². The van der Waals surface area contributed by atoms with Gasteiger partial charge in [-0.25, -0.2) is 15.3 Å². The van der Waals surface area contributed by atoms with Gasteiger partial charge in [0.25, 0.3) is 5.91 Å². The number of carbonyl (C=O) groups is 1. The Morgan fingerprint density at radius 2 is 2.25 bits per heavy atom. The molecule has 0 aliphatic heterocycles. The molecule has 0 spiro atoms. The summed E-state index contributed by atoms with van der Waals surface area (Å²) in [4.78, 5) is 15.9. The molecule has 0 fully saturated rings. The predicted molar refractivity (Wildman–Crippen MR) is 71.6 cm³/mol. The molecule has 0 saturated heterocycles. The third kappa shape index (κ3) is 1.74. The number of hydrogen-bond donors (Lipinski definition) is 2. The van der Waals surface area contributed by atoms with Gasteiger partial charge in [0.2, 0.25) is 0 Å². The van der Waals surface area contributed by atoms with Crippen molar-refractivity contribution in [3.63, 3.8) is 0 Å². The molecule has 3 N–H and O–H groups in total. The zero-order valence-electron chi connectivity index (χ0n) is 11.0. The standard InChI is InChI=1S/C12H13N7O/c1-7-9(6-18(2)17-7)10-3-4-14-11-8(12(20)16-13)5-15-19(10)11/h3-6H,13H2,1-2H3,(H,16,20). The van der Waals surface area contributed by atoms with Crippen LogP contribution in [-0.4, -0.2) is 30.3 Å². The second-order valence-electron chi connectivity index (χ2n) is 4.40. The normalized spacial score (nSPS) is 10.9. The van der Waals surface area contributed by atoms with Gasteiger partial charge < -0.3 is 0 Å². The van der Waals surface area contributed by atoms with Crippen LogP contribution in [0.4, 0.5) is 0 Å². The first-order valence-corrected chi connectivity index (χ1v) is 5.96. The van der Waals surface area contributed by atoms with Crippen molar-refractivity contribution in [1.82, 2.24) is 29.8 Å². The molecule has 0 bridgehead atoms. The minimum atomic E-state index is -0.424. The summed E-state index contributed by atoms with van der Waals surface area (Å²) < 4.78 is 3.34. The lowest BCUT2D eigenvalue weighted by molar-refractivity contribution is 0.0955. The highest BCUT2D eigenvalue weighted by atomic mass is 16.2. The molecule has 20 heavy (non-hydrogen) atoms. The van der Waals surface area contributed by atoms with Gasteiger partial charge in [-0.2, -0.15) is 10.2 Å². The zero-order chi connectivity index (χ0) is 14.3. The van der Waals surface area contributed by atoms with Gasteiger partial charge in [0.05, 0.1) is 17.6 Å². The smallest absolute Gasteiger partial charge is 0.270 e. The Morgan fingerprint density at radius 1 is 1.45 bits per heavy atom. The van der Waals surface area contributed by atoms with Crippen LogP contribution in [0.5, 0.6) is 0 Å². The molecular formula is C12H13N7O. The van der Waals surface area contributed by atoms with Crippen LogP contribution in [0.15, 0.2) is 24.7 Å². The van der Waals surface area contributed by atoms with Crippen LogP contribution in [0, 0.1) is 6.92 Å². The van der Waals surface area contributed by atoms with Crippen LogP contribution < -0.4 is 11.3 Å². The summed E-state index contributed by atoms with van der Waals surface area (Å²) in [6.45, 7) is 1.92. The SMILES string of the molecule is Cc1nn(C)cc1-c1ccnc2c(C(=O)NN)cnn12. The molecule has 8 heteroatoms. The van der Waals surface area contributed by atoms with Crippen LogP contribution in [0.3, 0.4) is 0 Å². The Hall–Kier alpha value is -2.74. The minimum absolute atomic E-state index is 0.330. The summed E-state index contributed by atoms with van der Waals surface area (Å²) in [6.07, 6.45) is 4.97.